The van der Waals surface area contributed by atoms with E-state index in [1.165, 1.54) is 0 Å². The Bertz CT molecular complexity index is 986. The Hall–Kier alpha value is -2.87. The largest absolute Gasteiger partial charge is 0.506 e. The van der Waals surface area contributed by atoms with E-state index in [1.807, 2.05) is 13.0 Å². The fourth-order valence-corrected chi connectivity index (χ4v) is 5.95. The summed E-state index contributed by atoms with van der Waals surface area (Å²) >= 11 is 0. The average Bonchev–Trinajstić information content (AvgIpc) is 2.72. The molecule has 0 saturated heterocycles. The Labute approximate surface area is 179 Å². The number of phenols is 2. The molecule has 1 aromatic rings. The maximum atomic E-state index is 12.9. The van der Waals surface area contributed by atoms with Gasteiger partial charge in [0.15, 0.2) is 11.5 Å². The van der Waals surface area contributed by atoms with Crippen molar-refractivity contribution in [3.8, 4) is 11.5 Å². The van der Waals surface area contributed by atoms with Crippen LogP contribution in [-0.2, 0) is 9.59 Å². The van der Waals surface area contributed by atoms with E-state index in [-0.39, 0.29) is 47.7 Å². The third kappa shape index (κ3) is 3.39. The van der Waals surface area contributed by atoms with Crippen LogP contribution in [0, 0.1) is 22.7 Å². The molecule has 5 atom stereocenters. The number of carboxylic acids is 1. The van der Waals surface area contributed by atoms with Crippen molar-refractivity contribution >= 4 is 23.3 Å². The summed E-state index contributed by atoms with van der Waals surface area (Å²) in [7, 11) is 0. The number of aromatic hydroxyl groups is 2. The highest BCUT2D eigenvalue weighted by atomic mass is 16.4. The lowest BCUT2D eigenvalue weighted by atomic mass is 9.45. The van der Waals surface area contributed by atoms with Crippen LogP contribution < -0.4 is 5.32 Å². The van der Waals surface area contributed by atoms with Crippen LogP contribution in [0.1, 0.15) is 55.8 Å². The molecular formula is C23H27NO7. The molecule has 2 unspecified atom stereocenters. The number of hydrogen-bond donors (Lipinski definition) is 5. The van der Waals surface area contributed by atoms with Gasteiger partial charge in [-0.25, -0.2) is 4.79 Å². The van der Waals surface area contributed by atoms with E-state index in [4.69, 9.17) is 5.11 Å². The van der Waals surface area contributed by atoms with Crippen molar-refractivity contribution in [1.82, 2.24) is 0 Å². The maximum absolute atomic E-state index is 12.9. The van der Waals surface area contributed by atoms with Gasteiger partial charge in [0, 0.05) is 11.8 Å². The first-order chi connectivity index (χ1) is 14.6. The lowest BCUT2D eigenvalue weighted by molar-refractivity contribution is -0.148. The topological polar surface area (TPSA) is 144 Å². The number of allylic oxidation sites excluding steroid dienone is 2. The summed E-state index contributed by atoms with van der Waals surface area (Å²) in [6, 6.07) is 2.13. The Morgan fingerprint density at radius 1 is 1.26 bits per heavy atom. The number of amides is 1. The first-order valence-corrected chi connectivity index (χ1v) is 10.6. The third-order valence-electron chi connectivity index (χ3n) is 7.77. The number of carbonyl (C=O) groups excluding carboxylic acids is 2. The first kappa shape index (κ1) is 21.4. The quantitative estimate of drug-likeness (QED) is 0.453. The molecule has 3 saturated carbocycles. The van der Waals surface area contributed by atoms with Gasteiger partial charge in [0.2, 0.25) is 5.91 Å². The second-order valence-corrected chi connectivity index (χ2v) is 9.42. The smallest absolute Gasteiger partial charge is 0.339 e. The number of anilines is 1. The zero-order valence-electron chi connectivity index (χ0n) is 17.3. The van der Waals surface area contributed by atoms with Gasteiger partial charge < -0.3 is 25.7 Å². The van der Waals surface area contributed by atoms with Crippen LogP contribution in [0.15, 0.2) is 24.3 Å². The number of ketones is 1. The van der Waals surface area contributed by atoms with Crippen molar-refractivity contribution in [2.24, 2.45) is 22.7 Å². The Morgan fingerprint density at radius 2 is 2.00 bits per heavy atom. The molecule has 5 N–H and O–H groups in total. The zero-order valence-corrected chi connectivity index (χ0v) is 17.3. The molecule has 166 valence electrons. The first-order valence-electron chi connectivity index (χ1n) is 10.6. The zero-order chi connectivity index (χ0) is 22.6. The summed E-state index contributed by atoms with van der Waals surface area (Å²) in [5.74, 6) is -2.91. The molecule has 0 heterocycles. The normalized spacial score (nSPS) is 33.7. The summed E-state index contributed by atoms with van der Waals surface area (Å²) < 4.78 is 0. The SMILES string of the molecule is C[C@@]1(CCC(=O)Nc2c(O)ccc(C(=O)O)c2O)C(=O)C=C[C@@]23CC[C@@H](CC21)C(O)C3. The molecule has 2 bridgehead atoms. The number of aliphatic hydroxyl groups is 1. The molecule has 0 radical (unpaired) electrons. The fraction of sp³-hybridized carbons (Fsp3) is 0.522. The molecule has 1 spiro atoms. The van der Waals surface area contributed by atoms with E-state index in [1.54, 1.807) is 6.08 Å². The summed E-state index contributed by atoms with van der Waals surface area (Å²) in [5.41, 5.74) is -1.77. The highest BCUT2D eigenvalue weighted by Crippen LogP contribution is 2.63. The molecule has 0 aliphatic heterocycles. The van der Waals surface area contributed by atoms with Crippen molar-refractivity contribution in [2.75, 3.05) is 5.32 Å². The summed E-state index contributed by atoms with van der Waals surface area (Å²) in [4.78, 5) is 36.7. The van der Waals surface area contributed by atoms with Crippen molar-refractivity contribution in [1.29, 1.82) is 0 Å². The van der Waals surface area contributed by atoms with Gasteiger partial charge in [0.05, 0.1) is 6.10 Å². The minimum Gasteiger partial charge on any atom is -0.506 e. The van der Waals surface area contributed by atoms with E-state index < -0.39 is 34.4 Å². The molecule has 1 amide bonds. The standard InChI is InChI=1S/C23H27NO7/c1-22(16-10-12-4-8-23(16,11-15(12)26)9-5-17(22)27)7-6-18(28)24-19-14(25)3-2-13(20(19)29)21(30)31/h2-3,5,9,12,15-16,25-26,29H,4,6-8,10-11H2,1H3,(H,24,28)(H,30,31)/t12-,15?,16?,22-,23+/m0/s1. The summed E-state index contributed by atoms with van der Waals surface area (Å²) in [6.45, 7) is 1.88. The molecule has 0 aromatic heterocycles. The van der Waals surface area contributed by atoms with Crippen LogP contribution >= 0.6 is 0 Å². The lowest BCUT2D eigenvalue weighted by Gasteiger charge is -2.59. The van der Waals surface area contributed by atoms with E-state index >= 15 is 0 Å². The van der Waals surface area contributed by atoms with Gasteiger partial charge in [0.1, 0.15) is 17.0 Å². The Kier molecular flexibility index (Phi) is 5.08. The van der Waals surface area contributed by atoms with Crippen molar-refractivity contribution in [2.45, 2.75) is 51.6 Å². The van der Waals surface area contributed by atoms with Gasteiger partial charge in [-0.15, -0.1) is 0 Å². The number of carboxylic acid groups (broad SMARTS) is 1. The van der Waals surface area contributed by atoms with Gasteiger partial charge in [-0.3, -0.25) is 9.59 Å². The van der Waals surface area contributed by atoms with Gasteiger partial charge in [-0.05, 0) is 67.6 Å². The average molecular weight is 429 g/mol. The highest BCUT2D eigenvalue weighted by molar-refractivity contribution is 6.00. The Morgan fingerprint density at radius 3 is 2.68 bits per heavy atom. The van der Waals surface area contributed by atoms with Crippen molar-refractivity contribution in [3.05, 3.63) is 29.8 Å². The predicted molar refractivity (Wildman–Crippen MR) is 111 cm³/mol. The lowest BCUT2D eigenvalue weighted by Crippen LogP contribution is -2.57. The molecule has 1 aromatic carbocycles. The monoisotopic (exact) mass is 429 g/mol. The number of benzene rings is 1. The minimum absolute atomic E-state index is 0.0310. The molecule has 3 fully saturated rings. The number of hydrogen-bond acceptors (Lipinski definition) is 6. The molecule has 4 aliphatic carbocycles. The van der Waals surface area contributed by atoms with E-state index in [0.717, 1.165) is 31.4 Å². The van der Waals surface area contributed by atoms with Crippen molar-refractivity contribution in [3.63, 3.8) is 0 Å². The number of phenolic OH excluding ortho intramolecular Hbond substituents is 1. The highest BCUT2D eigenvalue weighted by Gasteiger charge is 2.59. The molecule has 4 aliphatic rings. The van der Waals surface area contributed by atoms with Crippen LogP contribution in [0.5, 0.6) is 11.5 Å². The Balaban J connectivity index is 1.51. The molecule has 8 heteroatoms. The minimum atomic E-state index is -1.39. The van der Waals surface area contributed by atoms with E-state index in [2.05, 4.69) is 5.32 Å². The molecule has 5 rings (SSSR count). The summed E-state index contributed by atoms with van der Waals surface area (Å²) in [5, 5.41) is 42.0. The van der Waals surface area contributed by atoms with E-state index in [9.17, 15) is 29.7 Å². The van der Waals surface area contributed by atoms with Crippen molar-refractivity contribution < 1.29 is 34.8 Å². The second kappa shape index (κ2) is 7.37. The van der Waals surface area contributed by atoms with Crippen LogP contribution in [-0.4, -0.2) is 44.2 Å². The fourth-order valence-electron chi connectivity index (χ4n) is 5.95. The number of nitrogens with one attached hydrogen (secondary N) is 1. The molecule has 8 nitrogen and oxygen atoms in total. The third-order valence-corrected chi connectivity index (χ3v) is 7.77. The van der Waals surface area contributed by atoms with Gasteiger partial charge in [-0.2, -0.15) is 0 Å². The van der Waals surface area contributed by atoms with Crippen LogP contribution in [0.2, 0.25) is 0 Å². The number of carbonyl (C=O) groups is 3. The predicted octanol–water partition coefficient (Wildman–Crippen LogP) is 2.83. The molecular weight excluding hydrogens is 402 g/mol. The van der Waals surface area contributed by atoms with Crippen LogP contribution in [0.25, 0.3) is 0 Å². The van der Waals surface area contributed by atoms with Gasteiger partial charge >= 0.3 is 5.97 Å². The maximum Gasteiger partial charge on any atom is 0.339 e. The summed E-state index contributed by atoms with van der Waals surface area (Å²) in [6.07, 6.45) is 6.69. The number of rotatable bonds is 5. The number of aliphatic hydroxyl groups excluding tert-OH is 1. The van der Waals surface area contributed by atoms with Gasteiger partial charge in [-0.1, -0.05) is 13.0 Å². The molecule has 31 heavy (non-hydrogen) atoms. The number of fused-ring (bicyclic) bond motifs is 2. The van der Waals surface area contributed by atoms with Crippen LogP contribution in [0.4, 0.5) is 5.69 Å². The van der Waals surface area contributed by atoms with E-state index in [0.29, 0.717) is 6.42 Å². The second-order valence-electron chi connectivity index (χ2n) is 9.42. The van der Waals surface area contributed by atoms with Crippen LogP contribution in [0.3, 0.4) is 0 Å². The van der Waals surface area contributed by atoms with Gasteiger partial charge in [0.25, 0.3) is 0 Å². The number of aromatic carboxylic acids is 1.